The molecule has 2 aromatic rings. The maximum atomic E-state index is 14.0. The highest BCUT2D eigenvalue weighted by Gasteiger charge is 2.34. The second-order valence-corrected chi connectivity index (χ2v) is 11.4. The molecule has 7 heteroatoms. The molecule has 194 valence electrons. The summed E-state index contributed by atoms with van der Waals surface area (Å²) in [5, 5.41) is 3.51. The van der Waals surface area contributed by atoms with Crippen LogP contribution in [0.2, 0.25) is 0 Å². The Bertz CT molecular complexity index is 1070. The summed E-state index contributed by atoms with van der Waals surface area (Å²) in [6.45, 7) is 8.75. The second-order valence-electron chi connectivity index (χ2n) is 11.4. The van der Waals surface area contributed by atoms with Gasteiger partial charge in [-0.05, 0) is 83.6 Å². The highest BCUT2D eigenvalue weighted by Crippen LogP contribution is 2.40. The zero-order chi connectivity index (χ0) is 25.3. The van der Waals surface area contributed by atoms with E-state index in [-0.39, 0.29) is 23.5 Å². The Morgan fingerprint density at radius 2 is 1.78 bits per heavy atom. The minimum atomic E-state index is -0.151. The van der Waals surface area contributed by atoms with Crippen molar-refractivity contribution in [2.24, 2.45) is 5.92 Å². The quantitative estimate of drug-likeness (QED) is 0.594. The standard InChI is InChI=1S/C29H40N4O3/c1-29(2,3)36-24-10-7-20(8-11-24)28(34)33-19-21-6-5-15-30-27(21)31-25-12-9-22(18-26(25)33)32-16-13-23(35-4)14-17-32/h5-6,9,12,15,18,20,23-24H,7-8,10-11,13-14,16-17,19H2,1-4H3,(H,30,31)/t20-,24-. The van der Waals surface area contributed by atoms with Crippen LogP contribution in [0.3, 0.4) is 0 Å². The Balaban J connectivity index is 1.40. The third kappa shape index (κ3) is 5.52. The summed E-state index contributed by atoms with van der Waals surface area (Å²) in [5.41, 5.74) is 3.92. The van der Waals surface area contributed by atoms with Crippen molar-refractivity contribution in [3.8, 4) is 0 Å². The summed E-state index contributed by atoms with van der Waals surface area (Å²) < 4.78 is 11.8. The molecule has 3 heterocycles. The fourth-order valence-corrected chi connectivity index (χ4v) is 5.80. The lowest BCUT2D eigenvalue weighted by Crippen LogP contribution is -2.39. The maximum absolute atomic E-state index is 14.0. The summed E-state index contributed by atoms with van der Waals surface area (Å²) in [5.74, 6) is 1.04. The number of aromatic nitrogens is 1. The Hall–Kier alpha value is -2.64. The number of carbonyl (C=O) groups excluding carboxylic acids is 1. The molecular weight excluding hydrogens is 452 g/mol. The van der Waals surface area contributed by atoms with E-state index in [1.165, 1.54) is 0 Å². The molecule has 1 aliphatic carbocycles. The zero-order valence-corrected chi connectivity index (χ0v) is 22.1. The van der Waals surface area contributed by atoms with Crippen LogP contribution in [0.15, 0.2) is 36.5 Å². The Morgan fingerprint density at radius 3 is 2.47 bits per heavy atom. The number of anilines is 4. The Morgan fingerprint density at radius 1 is 1.03 bits per heavy atom. The van der Waals surface area contributed by atoms with Crippen molar-refractivity contribution in [3.05, 3.63) is 42.1 Å². The number of nitrogens with one attached hydrogen (secondary N) is 1. The van der Waals surface area contributed by atoms with Crippen molar-refractivity contribution < 1.29 is 14.3 Å². The number of carbonyl (C=O) groups is 1. The first-order chi connectivity index (χ1) is 17.3. The van der Waals surface area contributed by atoms with Crippen molar-refractivity contribution in [3.63, 3.8) is 0 Å². The van der Waals surface area contributed by atoms with Crippen molar-refractivity contribution >= 4 is 28.8 Å². The van der Waals surface area contributed by atoms with Gasteiger partial charge >= 0.3 is 0 Å². The van der Waals surface area contributed by atoms with E-state index in [4.69, 9.17) is 9.47 Å². The molecule has 2 aliphatic heterocycles. The van der Waals surface area contributed by atoms with Crippen LogP contribution >= 0.6 is 0 Å². The number of methoxy groups -OCH3 is 1. The summed E-state index contributed by atoms with van der Waals surface area (Å²) >= 11 is 0. The van der Waals surface area contributed by atoms with Crippen LogP contribution < -0.4 is 15.1 Å². The molecule has 3 aliphatic rings. The topological polar surface area (TPSA) is 66.9 Å². The first kappa shape index (κ1) is 25.0. The van der Waals surface area contributed by atoms with E-state index in [0.29, 0.717) is 12.6 Å². The Labute approximate surface area is 215 Å². The van der Waals surface area contributed by atoms with Crippen LogP contribution in [0.4, 0.5) is 22.9 Å². The molecule has 1 aromatic heterocycles. The van der Waals surface area contributed by atoms with Crippen LogP contribution in [-0.2, 0) is 20.8 Å². The van der Waals surface area contributed by atoms with Crippen molar-refractivity contribution in [1.29, 1.82) is 0 Å². The fraction of sp³-hybridized carbons (Fsp3) is 0.586. The van der Waals surface area contributed by atoms with E-state index in [0.717, 1.165) is 80.1 Å². The lowest BCUT2D eigenvalue weighted by atomic mass is 9.86. The molecule has 0 bridgehead atoms. The van der Waals surface area contributed by atoms with Gasteiger partial charge in [0.05, 0.1) is 35.7 Å². The summed E-state index contributed by atoms with van der Waals surface area (Å²) in [4.78, 5) is 23.0. The average Bonchev–Trinajstić information content (AvgIpc) is 3.04. The monoisotopic (exact) mass is 492 g/mol. The molecule has 0 atom stereocenters. The number of nitrogens with zero attached hydrogens (tertiary/aromatic N) is 3. The SMILES string of the molecule is COC1CCN(c2ccc3c(c2)N(C(=O)[C@H]2CC[C@H](OC(C)(C)C)CC2)Cc2cccnc2N3)CC1. The van der Waals surface area contributed by atoms with E-state index in [1.54, 1.807) is 13.3 Å². The van der Waals surface area contributed by atoms with Gasteiger partial charge in [0.25, 0.3) is 0 Å². The summed E-state index contributed by atoms with van der Waals surface area (Å²) in [6.07, 6.45) is 7.99. The number of hydrogen-bond acceptors (Lipinski definition) is 6. The highest BCUT2D eigenvalue weighted by atomic mass is 16.5. The van der Waals surface area contributed by atoms with Gasteiger partial charge in [-0.2, -0.15) is 0 Å². The molecule has 0 radical (unpaired) electrons. The molecule has 0 spiro atoms. The molecular formula is C29H40N4O3. The average molecular weight is 493 g/mol. The van der Waals surface area contributed by atoms with Gasteiger partial charge in [-0.3, -0.25) is 4.79 Å². The molecule has 1 saturated carbocycles. The third-order valence-corrected chi connectivity index (χ3v) is 7.70. The van der Waals surface area contributed by atoms with E-state index in [9.17, 15) is 4.79 Å². The number of pyridine rings is 1. The summed E-state index contributed by atoms with van der Waals surface area (Å²) in [6, 6.07) is 10.5. The maximum Gasteiger partial charge on any atom is 0.230 e. The number of piperidine rings is 1. The van der Waals surface area contributed by atoms with E-state index < -0.39 is 0 Å². The van der Waals surface area contributed by atoms with E-state index in [1.807, 2.05) is 11.0 Å². The van der Waals surface area contributed by atoms with Crippen LogP contribution in [0, 0.1) is 5.92 Å². The molecule has 5 rings (SSSR count). The summed E-state index contributed by atoms with van der Waals surface area (Å²) in [7, 11) is 1.80. The van der Waals surface area contributed by atoms with Gasteiger partial charge in [-0.1, -0.05) is 6.07 Å². The van der Waals surface area contributed by atoms with Crippen LogP contribution in [0.5, 0.6) is 0 Å². The number of benzene rings is 1. The highest BCUT2D eigenvalue weighted by molar-refractivity contribution is 6.00. The zero-order valence-electron chi connectivity index (χ0n) is 22.1. The van der Waals surface area contributed by atoms with Crippen LogP contribution in [0.25, 0.3) is 0 Å². The van der Waals surface area contributed by atoms with Crippen molar-refractivity contribution in [1.82, 2.24) is 4.98 Å². The van der Waals surface area contributed by atoms with Crippen molar-refractivity contribution in [2.75, 3.05) is 35.3 Å². The van der Waals surface area contributed by atoms with Gasteiger partial charge in [0.15, 0.2) is 0 Å². The first-order valence-corrected chi connectivity index (χ1v) is 13.4. The third-order valence-electron chi connectivity index (χ3n) is 7.70. The molecule has 1 saturated heterocycles. The number of ether oxygens (including phenoxy) is 2. The van der Waals surface area contributed by atoms with Gasteiger partial charge in [0, 0.05) is 43.6 Å². The number of hydrogen-bond donors (Lipinski definition) is 1. The fourth-order valence-electron chi connectivity index (χ4n) is 5.80. The molecule has 7 nitrogen and oxygen atoms in total. The normalized spacial score (nSPS) is 22.9. The number of amides is 1. The largest absolute Gasteiger partial charge is 0.381 e. The smallest absolute Gasteiger partial charge is 0.230 e. The number of fused-ring (bicyclic) bond motifs is 2. The lowest BCUT2D eigenvalue weighted by Gasteiger charge is -2.36. The molecule has 0 unspecified atom stereocenters. The number of rotatable bonds is 4. The lowest BCUT2D eigenvalue weighted by molar-refractivity contribution is -0.126. The minimum absolute atomic E-state index is 0.0111. The molecule has 1 amide bonds. The molecule has 2 fully saturated rings. The predicted molar refractivity (Wildman–Crippen MR) is 144 cm³/mol. The van der Waals surface area contributed by atoms with Gasteiger partial charge in [0.2, 0.25) is 5.91 Å². The molecule has 1 aromatic carbocycles. The van der Waals surface area contributed by atoms with Crippen LogP contribution in [-0.4, -0.2) is 48.9 Å². The van der Waals surface area contributed by atoms with Crippen LogP contribution in [0.1, 0.15) is 64.9 Å². The van der Waals surface area contributed by atoms with Gasteiger partial charge in [0.1, 0.15) is 5.82 Å². The predicted octanol–water partition coefficient (Wildman–Crippen LogP) is 5.66. The van der Waals surface area contributed by atoms with E-state index in [2.05, 4.69) is 60.2 Å². The van der Waals surface area contributed by atoms with Crippen molar-refractivity contribution in [2.45, 2.75) is 83.6 Å². The van der Waals surface area contributed by atoms with Gasteiger partial charge in [-0.25, -0.2) is 4.98 Å². The second kappa shape index (κ2) is 10.4. The van der Waals surface area contributed by atoms with E-state index >= 15 is 0 Å². The van der Waals surface area contributed by atoms with Gasteiger partial charge < -0.3 is 24.6 Å². The minimum Gasteiger partial charge on any atom is -0.381 e. The van der Waals surface area contributed by atoms with Gasteiger partial charge in [-0.15, -0.1) is 0 Å². The first-order valence-electron chi connectivity index (χ1n) is 13.4. The molecule has 36 heavy (non-hydrogen) atoms. The molecule has 1 N–H and O–H groups in total. The Kier molecular flexibility index (Phi) is 7.22.